The van der Waals surface area contributed by atoms with E-state index in [1.807, 2.05) is 0 Å². The van der Waals surface area contributed by atoms with Crippen molar-refractivity contribution in [3.05, 3.63) is 11.6 Å². The van der Waals surface area contributed by atoms with E-state index >= 15 is 0 Å². The number of aliphatic hydroxyl groups is 2. The van der Waals surface area contributed by atoms with Gasteiger partial charge in [0.05, 0.1) is 11.7 Å². The van der Waals surface area contributed by atoms with E-state index in [2.05, 4.69) is 61.5 Å². The van der Waals surface area contributed by atoms with Crippen molar-refractivity contribution >= 4 is 0 Å². The van der Waals surface area contributed by atoms with Gasteiger partial charge in [0.1, 0.15) is 0 Å². The number of aliphatic hydroxyl groups excluding tert-OH is 1. The van der Waals surface area contributed by atoms with Crippen molar-refractivity contribution in [1.29, 1.82) is 0 Å². The van der Waals surface area contributed by atoms with E-state index in [0.29, 0.717) is 28.1 Å². The van der Waals surface area contributed by atoms with Crippen LogP contribution >= 0.6 is 0 Å². The molecule has 190 valence electrons. The van der Waals surface area contributed by atoms with Crippen molar-refractivity contribution < 1.29 is 10.2 Å². The molecule has 9 atom stereocenters. The second-order valence-corrected chi connectivity index (χ2v) is 15.0. The molecule has 4 rings (SSSR count). The van der Waals surface area contributed by atoms with Crippen LogP contribution in [0.25, 0.3) is 0 Å². The summed E-state index contributed by atoms with van der Waals surface area (Å²) >= 11 is 0. The van der Waals surface area contributed by atoms with Crippen LogP contribution in [0, 0.1) is 45.3 Å². The molecule has 0 saturated heterocycles. The summed E-state index contributed by atoms with van der Waals surface area (Å²) in [6, 6.07) is 0. The number of allylic oxidation sites excluding steroid dienone is 1. The van der Waals surface area contributed by atoms with Crippen LogP contribution in [0.15, 0.2) is 11.6 Å². The maximum atomic E-state index is 11.2. The molecule has 0 aromatic carbocycles. The molecule has 0 aliphatic heterocycles. The molecule has 0 radical (unpaired) electrons. The van der Waals surface area contributed by atoms with Gasteiger partial charge in [0.15, 0.2) is 0 Å². The minimum atomic E-state index is -0.473. The molecule has 2 nitrogen and oxygen atoms in total. The summed E-state index contributed by atoms with van der Waals surface area (Å²) in [5.74, 6) is 2.53. The molecule has 0 aromatic heterocycles. The lowest BCUT2D eigenvalue weighted by Crippen LogP contribution is -2.57. The van der Waals surface area contributed by atoms with Gasteiger partial charge >= 0.3 is 0 Å². The summed E-state index contributed by atoms with van der Waals surface area (Å²) in [6.07, 6.45) is 14.8. The molecule has 2 heteroatoms. The van der Waals surface area contributed by atoms with Crippen molar-refractivity contribution in [2.75, 3.05) is 0 Å². The lowest BCUT2D eigenvalue weighted by molar-refractivity contribution is -0.127. The SMILES string of the molecule is CC[C@]1(O)CC[C@@]2(C)C(=CC[C@@]3(C)[C@@H]4CC[C@H]([C@H](C)[C@@H](O)CCC(C)(C)C)[C@@]4(C)CC[C@@H]32)C1. The fourth-order valence-corrected chi connectivity index (χ4v) is 9.69. The highest BCUT2D eigenvalue weighted by Gasteiger charge is 2.64. The third-order valence-electron chi connectivity index (χ3n) is 12.0. The summed E-state index contributed by atoms with van der Waals surface area (Å²) < 4.78 is 0. The van der Waals surface area contributed by atoms with Gasteiger partial charge in [0, 0.05) is 0 Å². The van der Waals surface area contributed by atoms with Crippen molar-refractivity contribution in [2.24, 2.45) is 45.3 Å². The number of fused-ring (bicyclic) bond motifs is 5. The Morgan fingerprint density at radius 3 is 2.33 bits per heavy atom. The lowest BCUT2D eigenvalue weighted by Gasteiger charge is -2.64. The Bertz CT molecular complexity index is 763. The van der Waals surface area contributed by atoms with E-state index in [4.69, 9.17) is 0 Å². The van der Waals surface area contributed by atoms with Crippen LogP contribution in [0.2, 0.25) is 0 Å². The van der Waals surface area contributed by atoms with Crippen molar-refractivity contribution in [3.63, 3.8) is 0 Å². The second-order valence-electron chi connectivity index (χ2n) is 15.0. The predicted octanol–water partition coefficient (Wildman–Crippen LogP) is 7.92. The minimum absolute atomic E-state index is 0.171. The Hall–Kier alpha value is -0.340. The zero-order chi connectivity index (χ0) is 24.4. The van der Waals surface area contributed by atoms with Gasteiger partial charge in [-0.25, -0.2) is 0 Å². The molecule has 0 aromatic rings. The summed E-state index contributed by atoms with van der Waals surface area (Å²) in [6.45, 7) is 19.1. The quantitative estimate of drug-likeness (QED) is 0.411. The number of hydrogen-bond donors (Lipinski definition) is 2. The molecular formula is C31H54O2. The first kappa shape index (κ1) is 25.7. The zero-order valence-electron chi connectivity index (χ0n) is 23.1. The molecule has 0 heterocycles. The second kappa shape index (κ2) is 8.36. The Morgan fingerprint density at radius 1 is 1.00 bits per heavy atom. The largest absolute Gasteiger partial charge is 0.393 e. The van der Waals surface area contributed by atoms with Crippen LogP contribution in [0.1, 0.15) is 126 Å². The molecule has 0 amide bonds. The topological polar surface area (TPSA) is 40.5 Å². The van der Waals surface area contributed by atoms with Crippen LogP contribution in [0.5, 0.6) is 0 Å². The van der Waals surface area contributed by atoms with Gasteiger partial charge in [-0.15, -0.1) is 0 Å². The summed E-state index contributed by atoms with van der Waals surface area (Å²) in [4.78, 5) is 0. The van der Waals surface area contributed by atoms with Gasteiger partial charge < -0.3 is 10.2 Å². The third kappa shape index (κ3) is 4.18. The lowest BCUT2D eigenvalue weighted by atomic mass is 9.41. The van der Waals surface area contributed by atoms with Crippen LogP contribution in [-0.2, 0) is 0 Å². The highest BCUT2D eigenvalue weighted by atomic mass is 16.3. The Balaban J connectivity index is 1.56. The molecule has 2 N–H and O–H groups in total. The van der Waals surface area contributed by atoms with Crippen molar-refractivity contribution in [1.82, 2.24) is 0 Å². The maximum absolute atomic E-state index is 11.2. The molecular weight excluding hydrogens is 404 g/mol. The van der Waals surface area contributed by atoms with Crippen molar-refractivity contribution in [3.8, 4) is 0 Å². The average molecular weight is 459 g/mol. The van der Waals surface area contributed by atoms with Gasteiger partial charge in [-0.1, -0.05) is 67.0 Å². The highest BCUT2D eigenvalue weighted by Crippen LogP contribution is 2.72. The van der Waals surface area contributed by atoms with Gasteiger partial charge in [-0.3, -0.25) is 0 Å². The fourth-order valence-electron chi connectivity index (χ4n) is 9.69. The summed E-state index contributed by atoms with van der Waals surface area (Å²) in [5, 5.41) is 22.2. The smallest absolute Gasteiger partial charge is 0.0682 e. The molecule has 3 fully saturated rings. The van der Waals surface area contributed by atoms with Gasteiger partial charge in [0.2, 0.25) is 0 Å². The first-order valence-corrected chi connectivity index (χ1v) is 14.3. The van der Waals surface area contributed by atoms with E-state index in [0.717, 1.165) is 50.4 Å². The first-order chi connectivity index (χ1) is 15.2. The zero-order valence-corrected chi connectivity index (χ0v) is 23.1. The van der Waals surface area contributed by atoms with Crippen LogP contribution in [0.4, 0.5) is 0 Å². The Kier molecular flexibility index (Phi) is 6.52. The first-order valence-electron chi connectivity index (χ1n) is 14.3. The molecule has 33 heavy (non-hydrogen) atoms. The summed E-state index contributed by atoms with van der Waals surface area (Å²) in [7, 11) is 0. The number of hydrogen-bond acceptors (Lipinski definition) is 2. The summed E-state index contributed by atoms with van der Waals surface area (Å²) in [5.41, 5.74) is 2.38. The third-order valence-corrected chi connectivity index (χ3v) is 12.0. The van der Waals surface area contributed by atoms with E-state index in [-0.39, 0.29) is 11.5 Å². The molecule has 4 aliphatic rings. The molecule has 3 saturated carbocycles. The van der Waals surface area contributed by atoms with Gasteiger partial charge in [-0.05, 0) is 116 Å². The average Bonchev–Trinajstić information content (AvgIpc) is 3.10. The van der Waals surface area contributed by atoms with Gasteiger partial charge in [-0.2, -0.15) is 0 Å². The van der Waals surface area contributed by atoms with Gasteiger partial charge in [0.25, 0.3) is 0 Å². The van der Waals surface area contributed by atoms with E-state index in [1.165, 1.54) is 32.1 Å². The van der Waals surface area contributed by atoms with E-state index in [9.17, 15) is 10.2 Å². The standard InChI is InChI=1S/C31H54O2/c1-9-31(33)19-18-28(6)22(20-31)12-16-30(8)25-11-10-23(29(25,7)17-14-26(28)30)21(2)24(32)13-15-27(3,4)5/h12,21,23-26,32-33H,9-11,13-20H2,1-8H3/t21-,23+,24-,25+,26+,28-,29+,30-,31-/m0/s1. The number of rotatable bonds is 5. The van der Waals surface area contributed by atoms with E-state index < -0.39 is 5.60 Å². The molecule has 0 bridgehead atoms. The Morgan fingerprint density at radius 2 is 1.70 bits per heavy atom. The highest BCUT2D eigenvalue weighted by molar-refractivity contribution is 5.29. The van der Waals surface area contributed by atoms with Crippen molar-refractivity contribution in [2.45, 2.75) is 138 Å². The Labute approximate surface area is 205 Å². The van der Waals surface area contributed by atoms with Crippen LogP contribution in [0.3, 0.4) is 0 Å². The monoisotopic (exact) mass is 458 g/mol. The predicted molar refractivity (Wildman–Crippen MR) is 139 cm³/mol. The van der Waals surface area contributed by atoms with E-state index in [1.54, 1.807) is 5.57 Å². The van der Waals surface area contributed by atoms with Crippen LogP contribution in [-0.4, -0.2) is 21.9 Å². The van der Waals surface area contributed by atoms with Crippen LogP contribution < -0.4 is 0 Å². The minimum Gasteiger partial charge on any atom is -0.393 e. The maximum Gasteiger partial charge on any atom is 0.0682 e. The molecule has 0 unspecified atom stereocenters. The molecule has 4 aliphatic carbocycles. The fraction of sp³-hybridized carbons (Fsp3) is 0.935. The normalized spacial score (nSPS) is 47.2. The molecule has 0 spiro atoms.